The van der Waals surface area contributed by atoms with Crippen LogP contribution in [0.1, 0.15) is 26.3 Å². The Balaban J connectivity index is 2.01. The smallest absolute Gasteiger partial charge is 0.161 e. The maximum Gasteiger partial charge on any atom is 0.161 e. The van der Waals surface area contributed by atoms with Gasteiger partial charge in [0.15, 0.2) is 23.0 Å². The first-order chi connectivity index (χ1) is 18.3. The topological polar surface area (TPSA) is 36.9 Å². The van der Waals surface area contributed by atoms with Gasteiger partial charge in [0.1, 0.15) is 0 Å². The van der Waals surface area contributed by atoms with E-state index in [9.17, 15) is 0 Å². The average Bonchev–Trinajstić information content (AvgIpc) is 2.94. The second-order valence-electron chi connectivity index (χ2n) is 10.4. The first kappa shape index (κ1) is 25.5. The highest BCUT2D eigenvalue weighted by atomic mass is 16.5. The van der Waals surface area contributed by atoms with Crippen LogP contribution < -0.4 is 18.9 Å². The minimum Gasteiger partial charge on any atom is -0.493 e. The van der Waals surface area contributed by atoms with Crippen molar-refractivity contribution < 1.29 is 18.9 Å². The van der Waals surface area contributed by atoms with Crippen LogP contribution in [0.15, 0.2) is 78.9 Å². The molecule has 0 aromatic heterocycles. The van der Waals surface area contributed by atoms with Gasteiger partial charge in [0.25, 0.3) is 0 Å². The number of benzene rings is 5. The van der Waals surface area contributed by atoms with Gasteiger partial charge in [-0.25, -0.2) is 0 Å². The molecule has 0 N–H and O–H groups in total. The molecule has 0 unspecified atom stereocenters. The Morgan fingerprint density at radius 2 is 0.789 bits per heavy atom. The maximum absolute atomic E-state index is 5.77. The minimum absolute atomic E-state index is 0.0625. The highest BCUT2D eigenvalue weighted by Crippen LogP contribution is 2.49. The van der Waals surface area contributed by atoms with E-state index in [2.05, 4.69) is 93.6 Å². The zero-order valence-electron chi connectivity index (χ0n) is 23.1. The van der Waals surface area contributed by atoms with Crippen molar-refractivity contribution in [3.63, 3.8) is 0 Å². The molecule has 0 spiro atoms. The fourth-order valence-corrected chi connectivity index (χ4v) is 5.24. The lowest BCUT2D eigenvalue weighted by Crippen LogP contribution is -2.10. The third-order valence-corrected chi connectivity index (χ3v) is 7.23. The van der Waals surface area contributed by atoms with Crippen LogP contribution in [0.2, 0.25) is 0 Å². The van der Waals surface area contributed by atoms with Gasteiger partial charge in [0.05, 0.1) is 28.4 Å². The molecule has 0 saturated heterocycles. The van der Waals surface area contributed by atoms with Gasteiger partial charge in [-0.15, -0.1) is 0 Å². The fourth-order valence-electron chi connectivity index (χ4n) is 5.24. The Kier molecular flexibility index (Phi) is 6.66. The summed E-state index contributed by atoms with van der Waals surface area (Å²) in [5.41, 5.74) is 5.79. The monoisotopic (exact) mass is 506 g/mol. The molecule has 0 aliphatic heterocycles. The lowest BCUT2D eigenvalue weighted by atomic mass is 9.83. The molecule has 5 aromatic rings. The Hall–Kier alpha value is -4.18. The molecular weight excluding hydrogens is 472 g/mol. The first-order valence-corrected chi connectivity index (χ1v) is 12.7. The van der Waals surface area contributed by atoms with Crippen LogP contribution in [0.5, 0.6) is 23.0 Å². The van der Waals surface area contributed by atoms with Gasteiger partial charge in [-0.3, -0.25) is 0 Å². The second-order valence-corrected chi connectivity index (χ2v) is 10.4. The Morgan fingerprint density at radius 1 is 0.447 bits per heavy atom. The first-order valence-electron chi connectivity index (χ1n) is 12.7. The van der Waals surface area contributed by atoms with E-state index in [-0.39, 0.29) is 5.41 Å². The SMILES string of the molecule is COc1cc2c(-c3ccccc3)c3cc(OC)c(OC)cc3c(-c3ccc(C(C)(C)C)cc3)c2cc1OC. The lowest BCUT2D eigenvalue weighted by molar-refractivity contribution is 0.355. The minimum atomic E-state index is 0.0625. The van der Waals surface area contributed by atoms with Crippen LogP contribution in [0.3, 0.4) is 0 Å². The molecule has 0 radical (unpaired) electrons. The van der Waals surface area contributed by atoms with Crippen molar-refractivity contribution >= 4 is 21.5 Å². The Morgan fingerprint density at radius 3 is 1.11 bits per heavy atom. The molecule has 0 amide bonds. The van der Waals surface area contributed by atoms with E-state index < -0.39 is 0 Å². The van der Waals surface area contributed by atoms with Gasteiger partial charge < -0.3 is 18.9 Å². The highest BCUT2D eigenvalue weighted by Gasteiger charge is 2.22. The van der Waals surface area contributed by atoms with E-state index in [1.54, 1.807) is 28.4 Å². The molecule has 5 rings (SSSR count). The van der Waals surface area contributed by atoms with E-state index in [0.29, 0.717) is 23.0 Å². The van der Waals surface area contributed by atoms with Crippen LogP contribution in [-0.4, -0.2) is 28.4 Å². The zero-order chi connectivity index (χ0) is 27.0. The summed E-state index contributed by atoms with van der Waals surface area (Å²) >= 11 is 0. The summed E-state index contributed by atoms with van der Waals surface area (Å²) in [5, 5.41) is 4.29. The third-order valence-electron chi connectivity index (χ3n) is 7.23. The fraction of sp³-hybridized carbons (Fsp3) is 0.235. The Labute approximate surface area is 224 Å². The molecule has 0 atom stereocenters. The summed E-state index contributed by atoms with van der Waals surface area (Å²) in [5.74, 6) is 2.75. The Bertz CT molecular complexity index is 1540. The van der Waals surface area contributed by atoms with E-state index in [0.717, 1.165) is 43.8 Å². The van der Waals surface area contributed by atoms with Crippen molar-refractivity contribution in [2.45, 2.75) is 26.2 Å². The van der Waals surface area contributed by atoms with Crippen molar-refractivity contribution in [1.29, 1.82) is 0 Å². The highest BCUT2D eigenvalue weighted by molar-refractivity contribution is 6.22. The second kappa shape index (κ2) is 9.94. The molecule has 0 bridgehead atoms. The van der Waals surface area contributed by atoms with Crippen LogP contribution in [-0.2, 0) is 5.41 Å². The predicted molar refractivity (Wildman–Crippen MR) is 157 cm³/mol. The number of methoxy groups -OCH3 is 4. The summed E-state index contributed by atoms with van der Waals surface area (Å²) in [6, 6.07) is 27.6. The molecular formula is C34H34O4. The molecule has 38 heavy (non-hydrogen) atoms. The predicted octanol–water partition coefficient (Wildman–Crippen LogP) is 8.66. The van der Waals surface area contributed by atoms with Gasteiger partial charge in [0, 0.05) is 0 Å². The van der Waals surface area contributed by atoms with E-state index in [1.165, 1.54) is 5.56 Å². The van der Waals surface area contributed by atoms with Gasteiger partial charge in [-0.05, 0) is 79.0 Å². The third kappa shape index (κ3) is 4.30. The lowest BCUT2D eigenvalue weighted by Gasteiger charge is -2.22. The molecule has 5 aromatic carbocycles. The normalized spacial score (nSPS) is 11.6. The molecule has 4 nitrogen and oxygen atoms in total. The molecule has 4 heteroatoms. The van der Waals surface area contributed by atoms with Gasteiger partial charge in [0.2, 0.25) is 0 Å². The number of rotatable bonds is 6. The molecule has 0 aliphatic rings. The summed E-state index contributed by atoms with van der Waals surface area (Å²) in [4.78, 5) is 0. The van der Waals surface area contributed by atoms with Crippen LogP contribution in [0.25, 0.3) is 43.8 Å². The van der Waals surface area contributed by atoms with Gasteiger partial charge in [-0.2, -0.15) is 0 Å². The van der Waals surface area contributed by atoms with Crippen LogP contribution >= 0.6 is 0 Å². The van der Waals surface area contributed by atoms with Crippen molar-refractivity contribution in [3.05, 3.63) is 84.4 Å². The molecule has 0 heterocycles. The summed E-state index contributed by atoms with van der Waals surface area (Å²) in [6.45, 7) is 6.70. The van der Waals surface area contributed by atoms with Crippen molar-refractivity contribution in [2.75, 3.05) is 28.4 Å². The average molecular weight is 507 g/mol. The van der Waals surface area contributed by atoms with Gasteiger partial charge in [-0.1, -0.05) is 75.4 Å². The van der Waals surface area contributed by atoms with Crippen molar-refractivity contribution in [3.8, 4) is 45.3 Å². The number of hydrogen-bond donors (Lipinski definition) is 0. The van der Waals surface area contributed by atoms with E-state index in [4.69, 9.17) is 18.9 Å². The van der Waals surface area contributed by atoms with Crippen LogP contribution in [0, 0.1) is 0 Å². The zero-order valence-corrected chi connectivity index (χ0v) is 23.1. The van der Waals surface area contributed by atoms with E-state index in [1.807, 2.05) is 6.07 Å². The number of ether oxygens (including phenoxy) is 4. The molecule has 0 fully saturated rings. The van der Waals surface area contributed by atoms with E-state index >= 15 is 0 Å². The van der Waals surface area contributed by atoms with Crippen molar-refractivity contribution in [2.24, 2.45) is 0 Å². The standard InChI is InChI=1S/C34H34O4/c1-34(2,3)23-15-13-22(14-16-23)33-26-19-30(37-6)28(35-4)17-24(26)32(21-11-9-8-10-12-21)25-18-29(36-5)31(38-7)20-27(25)33/h8-20H,1-7H3. The number of hydrogen-bond acceptors (Lipinski definition) is 4. The van der Waals surface area contributed by atoms with Gasteiger partial charge >= 0.3 is 0 Å². The summed E-state index contributed by atoms with van der Waals surface area (Å²) in [7, 11) is 6.70. The molecule has 194 valence electrons. The van der Waals surface area contributed by atoms with Crippen molar-refractivity contribution in [1.82, 2.24) is 0 Å². The summed E-state index contributed by atoms with van der Waals surface area (Å²) < 4.78 is 23.1. The number of fused-ring (bicyclic) bond motifs is 2. The maximum atomic E-state index is 5.77. The molecule has 0 aliphatic carbocycles. The molecule has 0 saturated carbocycles. The largest absolute Gasteiger partial charge is 0.493 e. The van der Waals surface area contributed by atoms with Crippen LogP contribution in [0.4, 0.5) is 0 Å². The quantitative estimate of drug-likeness (QED) is 0.216. The summed E-state index contributed by atoms with van der Waals surface area (Å²) in [6.07, 6.45) is 0.